The van der Waals surface area contributed by atoms with Gasteiger partial charge in [0, 0.05) is 18.7 Å². The molecule has 0 saturated carbocycles. The fraction of sp³-hybridized carbons (Fsp3) is 0.176. The van der Waals surface area contributed by atoms with Crippen LogP contribution in [0.5, 0.6) is 11.5 Å². The van der Waals surface area contributed by atoms with Crippen LogP contribution >= 0.6 is 0 Å². The van der Waals surface area contributed by atoms with Crippen LogP contribution in [0.2, 0.25) is 0 Å². The summed E-state index contributed by atoms with van der Waals surface area (Å²) in [7, 11) is 0. The minimum absolute atomic E-state index is 0.0629. The van der Waals surface area contributed by atoms with Gasteiger partial charge in [-0.25, -0.2) is 9.38 Å². The normalized spacial score (nSPS) is 15.7. The van der Waals surface area contributed by atoms with E-state index in [-0.39, 0.29) is 11.4 Å². The van der Waals surface area contributed by atoms with E-state index in [1.165, 1.54) is 6.07 Å². The molecule has 0 aromatic heterocycles. The molecule has 0 fully saturated rings. The molecule has 2 aromatic rings. The predicted molar refractivity (Wildman–Crippen MR) is 88.2 cm³/mol. The quantitative estimate of drug-likeness (QED) is 0.865. The minimum Gasteiger partial charge on any atom is -0.454 e. The topological polar surface area (TPSA) is 63.2 Å². The number of fused-ring (bicyclic) bond motifs is 3. The molecule has 6 heteroatoms. The number of aliphatic imine (C=N–C) groups is 2. The van der Waals surface area contributed by atoms with Crippen molar-refractivity contribution in [3.05, 3.63) is 47.8 Å². The lowest BCUT2D eigenvalue weighted by molar-refractivity contribution is 0.443. The number of hydrogen-bond acceptors (Lipinski definition) is 5. The summed E-state index contributed by atoms with van der Waals surface area (Å²) in [5, 5.41) is 0. The summed E-state index contributed by atoms with van der Waals surface area (Å²) in [6.45, 7) is 1.70. The van der Waals surface area contributed by atoms with Crippen molar-refractivity contribution in [2.45, 2.75) is 6.42 Å². The second-order valence-electron chi connectivity index (χ2n) is 5.44. The zero-order valence-electron chi connectivity index (χ0n) is 12.4. The van der Waals surface area contributed by atoms with Crippen molar-refractivity contribution in [1.82, 2.24) is 4.90 Å². The molecule has 2 N–H and O–H groups in total. The average Bonchev–Trinajstić information content (AvgIpc) is 2.59. The maximum atomic E-state index is 14.0. The van der Waals surface area contributed by atoms with Gasteiger partial charge in [-0.3, -0.25) is 4.99 Å². The van der Waals surface area contributed by atoms with Crippen LogP contribution in [-0.4, -0.2) is 30.2 Å². The SMILES string of the molecule is Nc1cccc(Oc2ccc3c(c2)C2=NCCCN2C=N3)c1F. The summed E-state index contributed by atoms with van der Waals surface area (Å²) < 4.78 is 19.6. The Morgan fingerprint density at radius 1 is 1.22 bits per heavy atom. The molecule has 0 aliphatic carbocycles. The average molecular weight is 310 g/mol. The summed E-state index contributed by atoms with van der Waals surface area (Å²) in [6.07, 6.45) is 2.81. The van der Waals surface area contributed by atoms with Gasteiger partial charge >= 0.3 is 0 Å². The van der Waals surface area contributed by atoms with E-state index in [9.17, 15) is 4.39 Å². The molecule has 5 nitrogen and oxygen atoms in total. The molecule has 116 valence electrons. The molecule has 0 bridgehead atoms. The molecular weight excluding hydrogens is 295 g/mol. The van der Waals surface area contributed by atoms with Gasteiger partial charge in [-0.05, 0) is 36.8 Å². The van der Waals surface area contributed by atoms with Gasteiger partial charge < -0.3 is 15.4 Å². The zero-order chi connectivity index (χ0) is 15.8. The molecule has 4 rings (SSSR count). The fourth-order valence-corrected chi connectivity index (χ4v) is 2.71. The minimum atomic E-state index is -0.556. The van der Waals surface area contributed by atoms with Gasteiger partial charge in [-0.15, -0.1) is 0 Å². The number of hydrogen-bond donors (Lipinski definition) is 1. The predicted octanol–water partition coefficient (Wildman–Crippen LogP) is 3.33. The standard InChI is InChI=1S/C17H15FN4O/c18-16-13(19)3-1-4-15(16)23-11-5-6-14-12(9-11)17-20-7-2-8-22(17)10-21-14/h1,3-6,9-10H,2,7-8,19H2. The summed E-state index contributed by atoms with van der Waals surface area (Å²) >= 11 is 0. The summed E-state index contributed by atoms with van der Waals surface area (Å²) in [6, 6.07) is 10.2. The van der Waals surface area contributed by atoms with Gasteiger partial charge in [0.25, 0.3) is 0 Å². The first-order valence-corrected chi connectivity index (χ1v) is 7.44. The van der Waals surface area contributed by atoms with E-state index in [0.29, 0.717) is 5.75 Å². The number of amidine groups is 1. The lowest BCUT2D eigenvalue weighted by Gasteiger charge is -2.29. The highest BCUT2D eigenvalue weighted by Crippen LogP contribution is 2.33. The van der Waals surface area contributed by atoms with Crippen molar-refractivity contribution in [1.29, 1.82) is 0 Å². The van der Waals surface area contributed by atoms with Gasteiger partial charge in [0.05, 0.1) is 17.7 Å². The van der Waals surface area contributed by atoms with Gasteiger partial charge in [-0.2, -0.15) is 0 Å². The molecule has 0 radical (unpaired) electrons. The van der Waals surface area contributed by atoms with E-state index in [2.05, 4.69) is 9.98 Å². The van der Waals surface area contributed by atoms with Crippen LogP contribution < -0.4 is 10.5 Å². The fourth-order valence-electron chi connectivity index (χ4n) is 2.71. The molecular formula is C17H15FN4O. The Morgan fingerprint density at radius 3 is 3.04 bits per heavy atom. The number of nitrogen functional groups attached to an aromatic ring is 1. The maximum Gasteiger partial charge on any atom is 0.188 e. The van der Waals surface area contributed by atoms with Crippen LogP contribution in [0.25, 0.3) is 0 Å². The van der Waals surface area contributed by atoms with Crippen molar-refractivity contribution in [2.75, 3.05) is 18.8 Å². The first kappa shape index (κ1) is 13.8. The number of anilines is 1. The summed E-state index contributed by atoms with van der Waals surface area (Å²) in [5.41, 5.74) is 7.37. The Balaban J connectivity index is 1.71. The zero-order valence-corrected chi connectivity index (χ0v) is 12.4. The van der Waals surface area contributed by atoms with Crippen LogP contribution in [0.3, 0.4) is 0 Å². The Kier molecular flexibility index (Phi) is 3.22. The van der Waals surface area contributed by atoms with Crippen LogP contribution in [-0.2, 0) is 0 Å². The molecule has 2 aromatic carbocycles. The Hall–Kier alpha value is -2.89. The first-order valence-electron chi connectivity index (χ1n) is 7.44. The van der Waals surface area contributed by atoms with E-state index in [4.69, 9.17) is 10.5 Å². The van der Waals surface area contributed by atoms with Crippen molar-refractivity contribution in [3.8, 4) is 11.5 Å². The van der Waals surface area contributed by atoms with Gasteiger partial charge in [-0.1, -0.05) is 6.07 Å². The number of halogens is 1. The Labute approximate surface area is 132 Å². The Bertz CT molecular complexity index is 831. The second kappa shape index (κ2) is 5.39. The largest absolute Gasteiger partial charge is 0.454 e. The Morgan fingerprint density at radius 2 is 2.13 bits per heavy atom. The van der Waals surface area contributed by atoms with E-state index in [0.717, 1.165) is 36.6 Å². The first-order chi connectivity index (χ1) is 11.2. The van der Waals surface area contributed by atoms with Crippen molar-refractivity contribution >= 4 is 23.5 Å². The third kappa shape index (κ3) is 2.42. The number of nitrogens with two attached hydrogens (primary N) is 1. The summed E-state index contributed by atoms with van der Waals surface area (Å²) in [5.74, 6) is 0.963. The maximum absolute atomic E-state index is 14.0. The van der Waals surface area contributed by atoms with Crippen molar-refractivity contribution in [3.63, 3.8) is 0 Å². The molecule has 0 unspecified atom stereocenters. The van der Waals surface area contributed by atoms with Gasteiger partial charge in [0.15, 0.2) is 11.6 Å². The third-order valence-corrected chi connectivity index (χ3v) is 3.86. The molecule has 2 aliphatic rings. The van der Waals surface area contributed by atoms with Crippen LogP contribution in [0.1, 0.15) is 12.0 Å². The van der Waals surface area contributed by atoms with E-state index in [1.54, 1.807) is 24.5 Å². The van der Waals surface area contributed by atoms with Crippen LogP contribution in [0, 0.1) is 5.82 Å². The highest BCUT2D eigenvalue weighted by Gasteiger charge is 2.22. The molecule has 0 atom stereocenters. The molecule has 0 amide bonds. The smallest absolute Gasteiger partial charge is 0.188 e. The van der Waals surface area contributed by atoms with Crippen molar-refractivity contribution in [2.24, 2.45) is 9.98 Å². The third-order valence-electron chi connectivity index (χ3n) is 3.86. The van der Waals surface area contributed by atoms with Gasteiger partial charge in [0.1, 0.15) is 11.6 Å². The second-order valence-corrected chi connectivity index (χ2v) is 5.44. The van der Waals surface area contributed by atoms with E-state index in [1.807, 2.05) is 17.0 Å². The molecule has 0 saturated heterocycles. The van der Waals surface area contributed by atoms with Crippen LogP contribution in [0.15, 0.2) is 46.4 Å². The number of ether oxygens (including phenoxy) is 1. The van der Waals surface area contributed by atoms with E-state index >= 15 is 0 Å². The lowest BCUT2D eigenvalue weighted by atomic mass is 10.1. The monoisotopic (exact) mass is 310 g/mol. The number of rotatable bonds is 2. The number of benzene rings is 2. The molecule has 0 spiro atoms. The van der Waals surface area contributed by atoms with Crippen molar-refractivity contribution < 1.29 is 9.13 Å². The lowest BCUT2D eigenvalue weighted by Crippen LogP contribution is -2.36. The summed E-state index contributed by atoms with van der Waals surface area (Å²) in [4.78, 5) is 11.0. The highest BCUT2D eigenvalue weighted by molar-refractivity contribution is 6.11. The molecule has 2 aliphatic heterocycles. The van der Waals surface area contributed by atoms with Gasteiger partial charge in [0.2, 0.25) is 0 Å². The molecule has 2 heterocycles. The highest BCUT2D eigenvalue weighted by atomic mass is 19.1. The van der Waals surface area contributed by atoms with E-state index < -0.39 is 5.82 Å². The van der Waals surface area contributed by atoms with Crippen LogP contribution in [0.4, 0.5) is 15.8 Å². The molecule has 23 heavy (non-hydrogen) atoms. The number of nitrogens with zero attached hydrogens (tertiary/aromatic N) is 3.